The van der Waals surface area contributed by atoms with Crippen molar-refractivity contribution in [3.63, 3.8) is 0 Å². The van der Waals surface area contributed by atoms with E-state index in [9.17, 15) is 18.0 Å². The van der Waals surface area contributed by atoms with E-state index in [-0.39, 0.29) is 29.1 Å². The fraction of sp³-hybridized carbons (Fsp3) is 0.355. The predicted octanol–water partition coefficient (Wildman–Crippen LogP) is 6.06. The first kappa shape index (κ1) is 31.7. The lowest BCUT2D eigenvalue weighted by Gasteiger charge is -2.34. The van der Waals surface area contributed by atoms with Crippen LogP contribution in [-0.2, 0) is 26.2 Å². The average Bonchev–Trinajstić information content (AvgIpc) is 3.51. The Kier molecular flexibility index (Phi) is 10.8. The fourth-order valence-electron chi connectivity index (χ4n) is 5.12. The second-order valence-corrected chi connectivity index (χ2v) is 12.9. The maximum absolute atomic E-state index is 14.2. The van der Waals surface area contributed by atoms with Gasteiger partial charge in [0.15, 0.2) is 0 Å². The second-order valence-electron chi connectivity index (χ2n) is 10.2. The molecule has 0 aliphatic heterocycles. The molecular weight excluding hydrogens is 597 g/mol. The standard InChI is InChI=1S/C31H35Cl2N3O5S/c1-3-29(31(38)34-23-9-7-8-10-23)35(20-22-13-18-27(32)28(33)19-22)30(37)21-36(24-14-16-25(41-2)17-15-24)42(39,40)26-11-5-4-6-12-26/h4-6,11-19,23,29H,3,7-10,20-21H2,1-2H3,(H,34,38)/t29-/m1/s1. The van der Waals surface area contributed by atoms with Gasteiger partial charge < -0.3 is 15.0 Å². The largest absolute Gasteiger partial charge is 0.497 e. The number of hydrogen-bond acceptors (Lipinski definition) is 5. The number of hydrogen-bond donors (Lipinski definition) is 1. The zero-order valence-corrected chi connectivity index (χ0v) is 26.0. The Morgan fingerprint density at radius 3 is 2.24 bits per heavy atom. The van der Waals surface area contributed by atoms with Crippen LogP contribution in [0.4, 0.5) is 5.69 Å². The Bertz CT molecular complexity index is 1480. The van der Waals surface area contributed by atoms with E-state index in [1.54, 1.807) is 60.7 Å². The first-order chi connectivity index (χ1) is 20.1. The molecule has 1 fully saturated rings. The van der Waals surface area contributed by atoms with Gasteiger partial charge in [-0.05, 0) is 73.4 Å². The minimum Gasteiger partial charge on any atom is -0.497 e. The maximum Gasteiger partial charge on any atom is 0.264 e. The predicted molar refractivity (Wildman–Crippen MR) is 165 cm³/mol. The molecule has 42 heavy (non-hydrogen) atoms. The van der Waals surface area contributed by atoms with E-state index in [1.165, 1.54) is 24.1 Å². The van der Waals surface area contributed by atoms with Gasteiger partial charge in [0.25, 0.3) is 10.0 Å². The molecule has 0 aromatic heterocycles. The van der Waals surface area contributed by atoms with Gasteiger partial charge in [0.05, 0.1) is 27.7 Å². The summed E-state index contributed by atoms with van der Waals surface area (Å²) in [5, 5.41) is 3.78. The van der Waals surface area contributed by atoms with E-state index < -0.39 is 28.5 Å². The molecule has 4 rings (SSSR count). The number of anilines is 1. The summed E-state index contributed by atoms with van der Waals surface area (Å²) in [6.07, 6.45) is 4.20. The molecule has 0 heterocycles. The van der Waals surface area contributed by atoms with E-state index in [0.29, 0.717) is 27.8 Å². The molecule has 2 amide bonds. The summed E-state index contributed by atoms with van der Waals surface area (Å²) in [5.74, 6) is -0.262. The monoisotopic (exact) mass is 631 g/mol. The smallest absolute Gasteiger partial charge is 0.264 e. The third-order valence-corrected chi connectivity index (χ3v) is 9.92. The van der Waals surface area contributed by atoms with Crippen LogP contribution in [0.5, 0.6) is 5.75 Å². The number of benzene rings is 3. The van der Waals surface area contributed by atoms with E-state index in [2.05, 4.69) is 5.32 Å². The molecule has 8 nitrogen and oxygen atoms in total. The van der Waals surface area contributed by atoms with Gasteiger partial charge in [0.1, 0.15) is 18.3 Å². The molecule has 0 unspecified atom stereocenters. The van der Waals surface area contributed by atoms with Crippen molar-refractivity contribution in [1.29, 1.82) is 0 Å². The van der Waals surface area contributed by atoms with Gasteiger partial charge in [-0.15, -0.1) is 0 Å². The van der Waals surface area contributed by atoms with E-state index in [4.69, 9.17) is 27.9 Å². The molecule has 0 radical (unpaired) electrons. The van der Waals surface area contributed by atoms with Crippen molar-refractivity contribution in [2.75, 3.05) is 18.0 Å². The molecule has 0 bridgehead atoms. The third kappa shape index (κ3) is 7.56. The van der Waals surface area contributed by atoms with Gasteiger partial charge in [-0.2, -0.15) is 0 Å². The zero-order valence-electron chi connectivity index (χ0n) is 23.6. The van der Waals surface area contributed by atoms with Crippen LogP contribution in [0.2, 0.25) is 10.0 Å². The summed E-state index contributed by atoms with van der Waals surface area (Å²) >= 11 is 12.4. The summed E-state index contributed by atoms with van der Waals surface area (Å²) in [6.45, 7) is 1.34. The van der Waals surface area contributed by atoms with E-state index in [0.717, 1.165) is 30.0 Å². The molecule has 1 atom stereocenters. The number of nitrogens with zero attached hydrogens (tertiary/aromatic N) is 2. The molecule has 1 aliphatic rings. The zero-order chi connectivity index (χ0) is 30.3. The number of methoxy groups -OCH3 is 1. The van der Waals surface area contributed by atoms with Crippen molar-refractivity contribution in [2.24, 2.45) is 0 Å². The van der Waals surface area contributed by atoms with Gasteiger partial charge in [-0.25, -0.2) is 8.42 Å². The number of amides is 2. The first-order valence-corrected chi connectivity index (χ1v) is 16.1. The van der Waals surface area contributed by atoms with Crippen molar-refractivity contribution >= 4 is 50.7 Å². The molecule has 3 aromatic rings. The highest BCUT2D eigenvalue weighted by Gasteiger charge is 2.34. The lowest BCUT2D eigenvalue weighted by molar-refractivity contribution is -0.140. The maximum atomic E-state index is 14.2. The van der Waals surface area contributed by atoms with Gasteiger partial charge in [0.2, 0.25) is 11.8 Å². The summed E-state index contributed by atoms with van der Waals surface area (Å²) in [6, 6.07) is 18.6. The molecule has 1 aliphatic carbocycles. The number of ether oxygens (including phenoxy) is 1. The highest BCUT2D eigenvalue weighted by atomic mass is 35.5. The Morgan fingerprint density at radius 2 is 1.64 bits per heavy atom. The van der Waals surface area contributed by atoms with Gasteiger partial charge >= 0.3 is 0 Å². The average molecular weight is 633 g/mol. The fourth-order valence-corrected chi connectivity index (χ4v) is 6.87. The lowest BCUT2D eigenvalue weighted by atomic mass is 10.1. The summed E-state index contributed by atoms with van der Waals surface area (Å²) < 4.78 is 34.1. The van der Waals surface area contributed by atoms with Crippen molar-refractivity contribution in [2.45, 2.75) is 62.6 Å². The summed E-state index contributed by atoms with van der Waals surface area (Å²) in [7, 11) is -2.64. The molecule has 0 saturated heterocycles. The van der Waals surface area contributed by atoms with Gasteiger partial charge in [-0.1, -0.05) is 67.2 Å². The highest BCUT2D eigenvalue weighted by Crippen LogP contribution is 2.28. The van der Waals surface area contributed by atoms with E-state index >= 15 is 0 Å². The molecule has 224 valence electrons. The Morgan fingerprint density at radius 1 is 0.976 bits per heavy atom. The first-order valence-electron chi connectivity index (χ1n) is 13.9. The van der Waals surface area contributed by atoms with Crippen molar-refractivity contribution in [1.82, 2.24) is 10.2 Å². The minimum absolute atomic E-state index is 0.0359. The van der Waals surface area contributed by atoms with Crippen LogP contribution in [-0.4, -0.2) is 50.9 Å². The van der Waals surface area contributed by atoms with Crippen LogP contribution in [0.15, 0.2) is 77.7 Å². The van der Waals surface area contributed by atoms with Crippen LogP contribution in [0.25, 0.3) is 0 Å². The molecule has 11 heteroatoms. The molecule has 3 aromatic carbocycles. The summed E-state index contributed by atoms with van der Waals surface area (Å²) in [4.78, 5) is 29.2. The van der Waals surface area contributed by atoms with Crippen molar-refractivity contribution in [3.05, 3.63) is 88.4 Å². The van der Waals surface area contributed by atoms with Crippen LogP contribution in [0.3, 0.4) is 0 Å². The van der Waals surface area contributed by atoms with Gasteiger partial charge in [0, 0.05) is 12.6 Å². The topological polar surface area (TPSA) is 96.0 Å². The third-order valence-electron chi connectivity index (χ3n) is 7.39. The molecule has 1 N–H and O–H groups in total. The summed E-state index contributed by atoms with van der Waals surface area (Å²) in [5.41, 5.74) is 0.942. The molecule has 1 saturated carbocycles. The van der Waals surface area contributed by atoms with E-state index in [1.807, 2.05) is 6.92 Å². The Balaban J connectivity index is 1.72. The Hall–Kier alpha value is -3.27. The number of rotatable bonds is 12. The number of carbonyl (C=O) groups is 2. The number of nitrogens with one attached hydrogen (secondary N) is 1. The lowest BCUT2D eigenvalue weighted by Crippen LogP contribution is -2.53. The number of sulfonamides is 1. The number of carbonyl (C=O) groups excluding carboxylic acids is 2. The van der Waals surface area contributed by atoms with Crippen LogP contribution >= 0.6 is 23.2 Å². The second kappa shape index (κ2) is 14.3. The van der Waals surface area contributed by atoms with Crippen LogP contribution in [0, 0.1) is 0 Å². The quantitative estimate of drug-likeness (QED) is 0.262. The Labute approximate surface area is 257 Å². The van der Waals surface area contributed by atoms with Crippen molar-refractivity contribution in [3.8, 4) is 5.75 Å². The highest BCUT2D eigenvalue weighted by molar-refractivity contribution is 7.92. The van der Waals surface area contributed by atoms with Crippen molar-refractivity contribution < 1.29 is 22.7 Å². The van der Waals surface area contributed by atoms with Gasteiger partial charge in [-0.3, -0.25) is 13.9 Å². The minimum atomic E-state index is -4.15. The van der Waals surface area contributed by atoms with Crippen LogP contribution < -0.4 is 14.4 Å². The molecule has 0 spiro atoms. The number of halogens is 2. The molecular formula is C31H35Cl2N3O5S. The SMILES string of the molecule is CC[C@H](C(=O)NC1CCCC1)N(Cc1ccc(Cl)c(Cl)c1)C(=O)CN(c1ccc(OC)cc1)S(=O)(=O)c1ccccc1. The normalized spacial score (nSPS) is 14.3. The van der Waals surface area contributed by atoms with Crippen LogP contribution in [0.1, 0.15) is 44.6 Å².